The Hall–Kier alpha value is 0.310. The second-order valence-corrected chi connectivity index (χ2v) is 10.7. The van der Waals surface area contributed by atoms with Gasteiger partial charge in [-0.2, -0.15) is 0 Å². The van der Waals surface area contributed by atoms with E-state index < -0.39 is 7.92 Å². The highest BCUT2D eigenvalue weighted by Crippen LogP contribution is 2.56. The van der Waals surface area contributed by atoms with Crippen molar-refractivity contribution in [2.24, 2.45) is 0 Å². The first-order valence-corrected chi connectivity index (χ1v) is 13.6. The highest BCUT2D eigenvalue weighted by molar-refractivity contribution is 7.59. The second kappa shape index (κ2) is 20.6. The number of hydrogen-bond acceptors (Lipinski definition) is 3. The highest BCUT2D eigenvalue weighted by atomic mass is 31.1. The molecule has 170 valence electrons. The molecule has 28 heavy (non-hydrogen) atoms. The minimum Gasteiger partial charge on any atom is -0.377 e. The van der Waals surface area contributed by atoms with Gasteiger partial charge in [0.25, 0.3) is 0 Å². The molecule has 0 rings (SSSR count). The maximum absolute atomic E-state index is 6.08. The molecular weight excluding hydrogens is 367 g/mol. The van der Waals surface area contributed by atoms with Crippen molar-refractivity contribution in [3.63, 3.8) is 0 Å². The van der Waals surface area contributed by atoms with Crippen LogP contribution in [0.5, 0.6) is 0 Å². The number of rotatable bonds is 21. The van der Waals surface area contributed by atoms with Crippen molar-refractivity contribution in [2.75, 3.05) is 21.3 Å². The predicted octanol–water partition coefficient (Wildman–Crippen LogP) is 8.30. The van der Waals surface area contributed by atoms with Crippen LogP contribution in [0.1, 0.15) is 117 Å². The summed E-state index contributed by atoms with van der Waals surface area (Å²) in [5.41, 5.74) is 0. The number of methoxy groups -OCH3 is 3. The summed E-state index contributed by atoms with van der Waals surface area (Å²) in [6.45, 7) is 6.82. The smallest absolute Gasteiger partial charge is 0.0811 e. The molecule has 0 aliphatic rings. The molecule has 3 unspecified atom stereocenters. The van der Waals surface area contributed by atoms with E-state index in [1.54, 1.807) is 0 Å². The van der Waals surface area contributed by atoms with Crippen LogP contribution in [-0.2, 0) is 14.2 Å². The average molecular weight is 419 g/mol. The molecule has 0 radical (unpaired) electrons. The topological polar surface area (TPSA) is 27.7 Å². The minimum atomic E-state index is -0.481. The molecule has 0 fully saturated rings. The Kier molecular flexibility index (Phi) is 20.8. The van der Waals surface area contributed by atoms with E-state index in [4.69, 9.17) is 14.2 Å². The molecule has 0 aromatic carbocycles. The van der Waals surface area contributed by atoms with Crippen molar-refractivity contribution in [1.29, 1.82) is 0 Å². The van der Waals surface area contributed by atoms with Crippen LogP contribution in [-0.4, -0.2) is 38.9 Å². The standard InChI is InChI=1S/C24H51O3P/c1-7-10-13-16-19-22(25-4)28(23(26-5)20-17-14-11-8-2)24(27-6)21-18-15-12-9-3/h22-24H,7-21H2,1-6H3. The van der Waals surface area contributed by atoms with Gasteiger partial charge in [0.15, 0.2) is 0 Å². The molecule has 0 bridgehead atoms. The van der Waals surface area contributed by atoms with E-state index in [-0.39, 0.29) is 0 Å². The van der Waals surface area contributed by atoms with Gasteiger partial charge in [0.2, 0.25) is 0 Å². The van der Waals surface area contributed by atoms with Crippen molar-refractivity contribution in [3.05, 3.63) is 0 Å². The largest absolute Gasteiger partial charge is 0.377 e. The van der Waals surface area contributed by atoms with E-state index in [2.05, 4.69) is 20.8 Å². The second-order valence-electron chi connectivity index (χ2n) is 8.07. The molecule has 3 nitrogen and oxygen atoms in total. The molecule has 0 saturated carbocycles. The zero-order valence-electron chi connectivity index (χ0n) is 20.0. The molecule has 0 aliphatic carbocycles. The molecule has 0 aliphatic heterocycles. The average Bonchev–Trinajstić information content (AvgIpc) is 2.72. The summed E-state index contributed by atoms with van der Waals surface area (Å²) in [7, 11) is 5.21. The van der Waals surface area contributed by atoms with Crippen LogP contribution in [0, 0.1) is 0 Å². The van der Waals surface area contributed by atoms with Crippen LogP contribution in [0.15, 0.2) is 0 Å². The first-order chi connectivity index (χ1) is 13.7. The molecule has 3 atom stereocenters. The number of hydrogen-bond donors (Lipinski definition) is 0. The molecule has 0 heterocycles. The lowest BCUT2D eigenvalue weighted by atomic mass is 10.1. The summed E-state index contributed by atoms with van der Waals surface area (Å²) in [6, 6.07) is 0. The third-order valence-electron chi connectivity index (χ3n) is 5.73. The van der Waals surface area contributed by atoms with E-state index in [0.29, 0.717) is 17.5 Å². The zero-order chi connectivity index (χ0) is 21.0. The van der Waals surface area contributed by atoms with Gasteiger partial charge in [0.05, 0.1) is 17.5 Å². The fourth-order valence-electron chi connectivity index (χ4n) is 3.96. The molecular formula is C24H51O3P. The van der Waals surface area contributed by atoms with Gasteiger partial charge in [0.1, 0.15) is 0 Å². The lowest BCUT2D eigenvalue weighted by Crippen LogP contribution is -2.27. The summed E-state index contributed by atoms with van der Waals surface area (Å²) in [5.74, 6) is 0.873. The lowest BCUT2D eigenvalue weighted by molar-refractivity contribution is 0.103. The van der Waals surface area contributed by atoms with E-state index >= 15 is 0 Å². The van der Waals surface area contributed by atoms with Gasteiger partial charge in [0, 0.05) is 21.3 Å². The molecule has 0 amide bonds. The van der Waals surface area contributed by atoms with Crippen LogP contribution in [0.25, 0.3) is 0 Å². The molecule has 4 heteroatoms. The maximum atomic E-state index is 6.08. The molecule has 0 aromatic heterocycles. The minimum absolute atomic E-state index is 0.291. The first-order valence-electron chi connectivity index (χ1n) is 12.1. The quantitative estimate of drug-likeness (QED) is 0.139. The molecule has 0 spiro atoms. The predicted molar refractivity (Wildman–Crippen MR) is 126 cm³/mol. The van der Waals surface area contributed by atoms with E-state index in [0.717, 1.165) is 19.3 Å². The lowest BCUT2D eigenvalue weighted by Gasteiger charge is -2.38. The van der Waals surface area contributed by atoms with Gasteiger partial charge in [-0.05, 0) is 27.2 Å². The summed E-state index contributed by atoms with van der Waals surface area (Å²) in [6.07, 6.45) is 18.9. The fraction of sp³-hybridized carbons (Fsp3) is 1.00. The monoisotopic (exact) mass is 418 g/mol. The summed E-state index contributed by atoms with van der Waals surface area (Å²) >= 11 is 0. The Morgan fingerprint density at radius 1 is 0.464 bits per heavy atom. The van der Waals surface area contributed by atoms with Gasteiger partial charge >= 0.3 is 0 Å². The highest BCUT2D eigenvalue weighted by Gasteiger charge is 2.35. The fourth-order valence-corrected chi connectivity index (χ4v) is 7.24. The van der Waals surface area contributed by atoms with Gasteiger partial charge in [-0.3, -0.25) is 0 Å². The third kappa shape index (κ3) is 12.8. The van der Waals surface area contributed by atoms with Crippen molar-refractivity contribution in [1.82, 2.24) is 0 Å². The molecule has 0 N–H and O–H groups in total. The van der Waals surface area contributed by atoms with Gasteiger partial charge in [-0.1, -0.05) is 97.8 Å². The van der Waals surface area contributed by atoms with E-state index in [1.807, 2.05) is 21.3 Å². The van der Waals surface area contributed by atoms with Crippen molar-refractivity contribution in [3.8, 4) is 0 Å². The van der Waals surface area contributed by atoms with Crippen LogP contribution in [0.4, 0.5) is 0 Å². The SMILES string of the molecule is CCCCCCC(OC)P(C(CCCCCC)OC)C(CCCCCC)OC. The Labute approximate surface area is 178 Å². The Balaban J connectivity index is 5.08. The Morgan fingerprint density at radius 3 is 0.964 bits per heavy atom. The first kappa shape index (κ1) is 28.3. The third-order valence-corrected chi connectivity index (χ3v) is 9.13. The van der Waals surface area contributed by atoms with Gasteiger partial charge in [-0.25, -0.2) is 0 Å². The maximum Gasteiger partial charge on any atom is 0.0811 e. The Bertz CT molecular complexity index is 267. The van der Waals surface area contributed by atoms with Crippen molar-refractivity contribution >= 4 is 7.92 Å². The van der Waals surface area contributed by atoms with Crippen LogP contribution in [0.3, 0.4) is 0 Å². The van der Waals surface area contributed by atoms with Gasteiger partial charge in [-0.15, -0.1) is 0 Å². The Morgan fingerprint density at radius 2 is 0.750 bits per heavy atom. The number of ether oxygens (including phenoxy) is 3. The van der Waals surface area contributed by atoms with E-state index in [1.165, 1.54) is 77.0 Å². The van der Waals surface area contributed by atoms with Crippen LogP contribution in [0.2, 0.25) is 0 Å². The van der Waals surface area contributed by atoms with Crippen molar-refractivity contribution < 1.29 is 14.2 Å². The van der Waals surface area contributed by atoms with Crippen LogP contribution >= 0.6 is 7.92 Å². The number of unbranched alkanes of at least 4 members (excludes halogenated alkanes) is 9. The summed E-state index contributed by atoms with van der Waals surface area (Å²) in [5, 5.41) is 0. The van der Waals surface area contributed by atoms with Gasteiger partial charge < -0.3 is 14.2 Å². The summed E-state index contributed by atoms with van der Waals surface area (Å²) < 4.78 is 18.2. The molecule has 0 aromatic rings. The summed E-state index contributed by atoms with van der Waals surface area (Å²) in [4.78, 5) is 0. The van der Waals surface area contributed by atoms with E-state index in [9.17, 15) is 0 Å². The van der Waals surface area contributed by atoms with Crippen molar-refractivity contribution in [2.45, 2.75) is 135 Å². The normalized spacial score (nSPS) is 16.1. The molecule has 0 saturated heterocycles. The zero-order valence-corrected chi connectivity index (χ0v) is 20.9. The van der Waals surface area contributed by atoms with Crippen LogP contribution < -0.4 is 0 Å².